The van der Waals surface area contributed by atoms with Crippen LogP contribution in [0.25, 0.3) is 11.0 Å². The second-order valence-electron chi connectivity index (χ2n) is 7.81. The Morgan fingerprint density at radius 1 is 1.16 bits per heavy atom. The molecule has 168 valence electrons. The second-order valence-corrected chi connectivity index (χ2v) is 8.22. The number of nitrogens with zero attached hydrogens (tertiary/aromatic N) is 2. The van der Waals surface area contributed by atoms with Crippen LogP contribution in [0.15, 0.2) is 47.3 Å². The fourth-order valence-electron chi connectivity index (χ4n) is 3.12. The average Bonchev–Trinajstić information content (AvgIpc) is 2.75. The number of anilines is 1. The lowest BCUT2D eigenvalue weighted by Gasteiger charge is -2.13. The van der Waals surface area contributed by atoms with Gasteiger partial charge in [-0.2, -0.15) is 0 Å². The first-order valence-electron chi connectivity index (χ1n) is 10.2. The van der Waals surface area contributed by atoms with Crippen LogP contribution >= 0.6 is 11.6 Å². The van der Waals surface area contributed by atoms with Crippen LogP contribution in [0.5, 0.6) is 0 Å². The average molecular weight is 459 g/mol. The Hall–Kier alpha value is -3.26. The van der Waals surface area contributed by atoms with Gasteiger partial charge in [0.25, 0.3) is 5.56 Å². The molecule has 7 nitrogen and oxygen atoms in total. The molecule has 2 amide bonds. The Bertz CT molecular complexity index is 1210. The van der Waals surface area contributed by atoms with Crippen molar-refractivity contribution in [3.63, 3.8) is 0 Å². The predicted molar refractivity (Wildman–Crippen MR) is 122 cm³/mol. The first-order chi connectivity index (χ1) is 15.2. The molecule has 0 aliphatic carbocycles. The Kier molecular flexibility index (Phi) is 7.58. The fraction of sp³-hybridized carbons (Fsp3) is 0.304. The molecular weight excluding hydrogens is 435 g/mol. The fourth-order valence-corrected chi connectivity index (χ4v) is 3.30. The van der Waals surface area contributed by atoms with Gasteiger partial charge in [-0.15, -0.1) is 0 Å². The van der Waals surface area contributed by atoms with E-state index in [0.29, 0.717) is 29.2 Å². The highest BCUT2D eigenvalue weighted by molar-refractivity contribution is 6.31. The van der Waals surface area contributed by atoms with Crippen LogP contribution in [0.2, 0.25) is 5.02 Å². The van der Waals surface area contributed by atoms with Gasteiger partial charge in [-0.25, -0.2) is 9.37 Å². The van der Waals surface area contributed by atoms with Gasteiger partial charge in [-0.05, 0) is 36.2 Å². The molecule has 1 heterocycles. The number of halogens is 2. The Morgan fingerprint density at radius 2 is 1.91 bits per heavy atom. The third-order valence-corrected chi connectivity index (χ3v) is 5.01. The maximum atomic E-state index is 13.3. The van der Waals surface area contributed by atoms with E-state index < -0.39 is 17.3 Å². The van der Waals surface area contributed by atoms with E-state index in [9.17, 15) is 18.8 Å². The van der Waals surface area contributed by atoms with E-state index >= 15 is 0 Å². The molecule has 32 heavy (non-hydrogen) atoms. The summed E-state index contributed by atoms with van der Waals surface area (Å²) in [7, 11) is 0. The minimum Gasteiger partial charge on any atom is -0.356 e. The molecule has 0 aliphatic rings. The Morgan fingerprint density at radius 3 is 2.62 bits per heavy atom. The maximum Gasteiger partial charge on any atom is 0.273 e. The van der Waals surface area contributed by atoms with Crippen molar-refractivity contribution in [2.24, 2.45) is 5.92 Å². The summed E-state index contributed by atoms with van der Waals surface area (Å²) >= 11 is 5.76. The molecule has 3 aromatic rings. The number of carbonyl (C=O) groups excluding carboxylic acids is 2. The summed E-state index contributed by atoms with van der Waals surface area (Å²) in [5, 5.41) is 5.31. The predicted octanol–water partition coefficient (Wildman–Crippen LogP) is 3.53. The van der Waals surface area contributed by atoms with Gasteiger partial charge in [0.05, 0.1) is 16.1 Å². The van der Waals surface area contributed by atoms with Crippen LogP contribution in [-0.4, -0.2) is 27.9 Å². The second kappa shape index (κ2) is 10.4. The lowest BCUT2D eigenvalue weighted by atomic mass is 10.2. The summed E-state index contributed by atoms with van der Waals surface area (Å²) in [6.07, 6.45) is 0.274. The lowest BCUT2D eigenvalue weighted by molar-refractivity contribution is -0.121. The molecule has 2 N–H and O–H groups in total. The molecule has 3 rings (SSSR count). The van der Waals surface area contributed by atoms with Gasteiger partial charge in [-0.1, -0.05) is 37.6 Å². The van der Waals surface area contributed by atoms with Gasteiger partial charge in [0, 0.05) is 25.1 Å². The zero-order chi connectivity index (χ0) is 23.3. The summed E-state index contributed by atoms with van der Waals surface area (Å²) in [4.78, 5) is 42.1. The highest BCUT2D eigenvalue weighted by atomic mass is 35.5. The Balaban J connectivity index is 1.82. The van der Waals surface area contributed by atoms with Crippen LogP contribution in [-0.2, 0) is 22.6 Å². The Labute approximate surface area is 189 Å². The number of hydrogen-bond donors (Lipinski definition) is 2. The van der Waals surface area contributed by atoms with E-state index in [1.165, 1.54) is 16.7 Å². The van der Waals surface area contributed by atoms with E-state index in [4.69, 9.17) is 11.6 Å². The zero-order valence-corrected chi connectivity index (χ0v) is 18.6. The van der Waals surface area contributed by atoms with Crippen molar-refractivity contribution < 1.29 is 14.0 Å². The SMILES string of the molecule is CC(C)CNC(=O)CCc1nc2ccccc2n(CC(=O)Nc2ccc(F)c(Cl)c2)c1=O. The first-order valence-corrected chi connectivity index (χ1v) is 10.6. The third-order valence-electron chi connectivity index (χ3n) is 4.72. The van der Waals surface area contributed by atoms with Crippen LogP contribution in [0, 0.1) is 11.7 Å². The molecule has 0 saturated heterocycles. The summed E-state index contributed by atoms with van der Waals surface area (Å²) in [5.74, 6) is -0.912. The van der Waals surface area contributed by atoms with E-state index in [0.717, 1.165) is 6.07 Å². The number of nitrogens with one attached hydrogen (secondary N) is 2. The molecular formula is C23H24ClFN4O3. The van der Waals surface area contributed by atoms with Gasteiger partial charge in [0.1, 0.15) is 18.1 Å². The van der Waals surface area contributed by atoms with Crippen molar-refractivity contribution in [1.82, 2.24) is 14.9 Å². The number of aryl methyl sites for hydroxylation is 1. The number of rotatable bonds is 8. The van der Waals surface area contributed by atoms with Crippen molar-refractivity contribution in [3.8, 4) is 0 Å². The largest absolute Gasteiger partial charge is 0.356 e. The molecule has 0 saturated carbocycles. The highest BCUT2D eigenvalue weighted by Crippen LogP contribution is 2.19. The van der Waals surface area contributed by atoms with Gasteiger partial charge in [0.15, 0.2) is 0 Å². The molecule has 2 aromatic carbocycles. The third kappa shape index (κ3) is 5.91. The minimum atomic E-state index is -0.594. The number of hydrogen-bond acceptors (Lipinski definition) is 4. The van der Waals surface area contributed by atoms with Crippen LogP contribution < -0.4 is 16.2 Å². The number of carbonyl (C=O) groups is 2. The van der Waals surface area contributed by atoms with Gasteiger partial charge in [0.2, 0.25) is 11.8 Å². The van der Waals surface area contributed by atoms with Gasteiger partial charge in [-0.3, -0.25) is 19.0 Å². The summed E-state index contributed by atoms with van der Waals surface area (Å²) < 4.78 is 14.7. The van der Waals surface area contributed by atoms with E-state index in [1.807, 2.05) is 13.8 Å². The number of amides is 2. The minimum absolute atomic E-state index is 0.118. The van der Waals surface area contributed by atoms with E-state index in [1.54, 1.807) is 24.3 Å². The van der Waals surface area contributed by atoms with Crippen molar-refractivity contribution in [2.45, 2.75) is 33.2 Å². The smallest absolute Gasteiger partial charge is 0.273 e. The molecule has 0 spiro atoms. The van der Waals surface area contributed by atoms with Crippen molar-refractivity contribution >= 4 is 40.1 Å². The maximum absolute atomic E-state index is 13.3. The highest BCUT2D eigenvalue weighted by Gasteiger charge is 2.15. The molecule has 9 heteroatoms. The van der Waals surface area contributed by atoms with Gasteiger partial charge >= 0.3 is 0 Å². The zero-order valence-electron chi connectivity index (χ0n) is 17.8. The quantitative estimate of drug-likeness (QED) is 0.540. The normalized spacial score (nSPS) is 11.0. The number of aromatic nitrogens is 2. The summed E-state index contributed by atoms with van der Waals surface area (Å²) in [6.45, 7) is 4.27. The van der Waals surface area contributed by atoms with E-state index in [2.05, 4.69) is 15.6 Å². The standard InChI is InChI=1S/C23H24ClFN4O3/c1-14(2)12-26-21(30)10-9-19-23(32)29(20-6-4-3-5-18(20)28-19)13-22(31)27-15-7-8-17(25)16(24)11-15/h3-8,11,14H,9-10,12-13H2,1-2H3,(H,26,30)(H,27,31). The number of fused-ring (bicyclic) bond motifs is 1. The van der Waals surface area contributed by atoms with Crippen LogP contribution in [0.4, 0.5) is 10.1 Å². The molecule has 0 fully saturated rings. The molecule has 1 aromatic heterocycles. The molecule has 0 unspecified atom stereocenters. The number of para-hydroxylation sites is 2. The molecule has 0 aliphatic heterocycles. The van der Waals surface area contributed by atoms with Crippen molar-refractivity contribution in [2.75, 3.05) is 11.9 Å². The first kappa shape index (κ1) is 23.4. The summed E-state index contributed by atoms with van der Waals surface area (Å²) in [5.41, 5.74) is 1.13. The van der Waals surface area contributed by atoms with Gasteiger partial charge < -0.3 is 10.6 Å². The van der Waals surface area contributed by atoms with Crippen molar-refractivity contribution in [1.29, 1.82) is 0 Å². The lowest BCUT2D eigenvalue weighted by Crippen LogP contribution is -2.32. The van der Waals surface area contributed by atoms with Crippen molar-refractivity contribution in [3.05, 3.63) is 69.4 Å². The topological polar surface area (TPSA) is 93.1 Å². The van der Waals surface area contributed by atoms with E-state index in [-0.39, 0.29) is 36.0 Å². The molecule has 0 atom stereocenters. The monoisotopic (exact) mass is 458 g/mol. The molecule has 0 bridgehead atoms. The number of benzene rings is 2. The summed E-state index contributed by atoms with van der Waals surface area (Å²) in [6, 6.07) is 10.8. The van der Waals surface area contributed by atoms with Crippen LogP contribution in [0.3, 0.4) is 0 Å². The van der Waals surface area contributed by atoms with Crippen LogP contribution in [0.1, 0.15) is 26.0 Å². The molecule has 0 radical (unpaired) electrons.